The largest absolute Gasteiger partial charge is 0.497 e. The topological polar surface area (TPSA) is 69.0 Å². The molecule has 1 heterocycles. The van der Waals surface area contributed by atoms with Gasteiger partial charge in [0.2, 0.25) is 5.91 Å². The summed E-state index contributed by atoms with van der Waals surface area (Å²) in [4.78, 5) is 12.3. The Morgan fingerprint density at radius 1 is 1.25 bits per heavy atom. The number of carbonyl (C=O) groups is 1. The SMILES string of the molecule is COc1ccc(-n2c(C)nnc2SCC(=O)NCCC2CC3CCC2C3)cc1. The van der Waals surface area contributed by atoms with E-state index in [1.807, 2.05) is 35.8 Å². The summed E-state index contributed by atoms with van der Waals surface area (Å²) in [5, 5.41) is 12.2. The first-order chi connectivity index (χ1) is 13.6. The lowest BCUT2D eigenvalue weighted by Crippen LogP contribution is -2.28. The first kappa shape index (κ1) is 19.3. The lowest BCUT2D eigenvalue weighted by molar-refractivity contribution is -0.118. The van der Waals surface area contributed by atoms with Crippen LogP contribution < -0.4 is 10.1 Å². The number of rotatable bonds is 8. The number of hydrogen-bond acceptors (Lipinski definition) is 5. The number of methoxy groups -OCH3 is 1. The van der Waals surface area contributed by atoms with Crippen molar-refractivity contribution in [3.8, 4) is 11.4 Å². The molecule has 0 aliphatic heterocycles. The molecule has 3 atom stereocenters. The van der Waals surface area contributed by atoms with Crippen LogP contribution in [0.4, 0.5) is 0 Å². The number of fused-ring (bicyclic) bond motifs is 2. The molecular weight excluding hydrogens is 372 g/mol. The van der Waals surface area contributed by atoms with E-state index in [2.05, 4.69) is 15.5 Å². The van der Waals surface area contributed by atoms with Crippen LogP contribution in [0.2, 0.25) is 0 Å². The van der Waals surface area contributed by atoms with Crippen molar-refractivity contribution >= 4 is 17.7 Å². The molecule has 4 rings (SSSR count). The van der Waals surface area contributed by atoms with Gasteiger partial charge in [0, 0.05) is 12.2 Å². The predicted octanol–water partition coefficient (Wildman–Crippen LogP) is 3.62. The molecule has 0 radical (unpaired) electrons. The van der Waals surface area contributed by atoms with Crippen LogP contribution in [-0.4, -0.2) is 40.1 Å². The lowest BCUT2D eigenvalue weighted by Gasteiger charge is -2.21. The summed E-state index contributed by atoms with van der Waals surface area (Å²) in [5.74, 6) is 4.73. The summed E-state index contributed by atoms with van der Waals surface area (Å²) in [6.07, 6.45) is 6.75. The van der Waals surface area contributed by atoms with Crippen LogP contribution in [-0.2, 0) is 4.79 Å². The van der Waals surface area contributed by atoms with E-state index in [0.717, 1.165) is 53.1 Å². The van der Waals surface area contributed by atoms with Crippen molar-refractivity contribution in [1.29, 1.82) is 0 Å². The molecule has 1 N–H and O–H groups in total. The van der Waals surface area contributed by atoms with Crippen LogP contribution in [0.3, 0.4) is 0 Å². The first-order valence-electron chi connectivity index (χ1n) is 10.1. The molecule has 3 unspecified atom stereocenters. The van der Waals surface area contributed by atoms with Crippen LogP contribution in [0.15, 0.2) is 29.4 Å². The van der Waals surface area contributed by atoms with Crippen molar-refractivity contribution in [2.45, 2.75) is 44.2 Å². The molecule has 2 saturated carbocycles. The molecule has 1 aromatic carbocycles. The molecule has 6 nitrogen and oxygen atoms in total. The van der Waals surface area contributed by atoms with Gasteiger partial charge in [-0.2, -0.15) is 0 Å². The molecule has 0 spiro atoms. The van der Waals surface area contributed by atoms with E-state index in [-0.39, 0.29) is 5.91 Å². The second-order valence-corrected chi connectivity index (χ2v) is 8.87. The van der Waals surface area contributed by atoms with Gasteiger partial charge in [0.25, 0.3) is 0 Å². The molecule has 1 aromatic heterocycles. The fourth-order valence-corrected chi connectivity index (χ4v) is 5.60. The van der Waals surface area contributed by atoms with Gasteiger partial charge in [-0.1, -0.05) is 18.2 Å². The quantitative estimate of drug-likeness (QED) is 0.686. The van der Waals surface area contributed by atoms with Crippen LogP contribution >= 0.6 is 11.8 Å². The smallest absolute Gasteiger partial charge is 0.230 e. The summed E-state index contributed by atoms with van der Waals surface area (Å²) in [6, 6.07) is 7.75. The summed E-state index contributed by atoms with van der Waals surface area (Å²) in [5.41, 5.74) is 0.961. The minimum Gasteiger partial charge on any atom is -0.497 e. The number of ether oxygens (including phenoxy) is 1. The zero-order valence-corrected chi connectivity index (χ0v) is 17.4. The molecule has 2 bridgehead atoms. The second-order valence-electron chi connectivity index (χ2n) is 7.93. The van der Waals surface area contributed by atoms with Gasteiger partial charge in [-0.25, -0.2) is 0 Å². The van der Waals surface area contributed by atoms with E-state index in [4.69, 9.17) is 4.74 Å². The molecule has 28 heavy (non-hydrogen) atoms. The highest BCUT2D eigenvalue weighted by atomic mass is 32.2. The molecule has 7 heteroatoms. The zero-order valence-electron chi connectivity index (χ0n) is 16.6. The van der Waals surface area contributed by atoms with Gasteiger partial charge in [0.15, 0.2) is 5.16 Å². The third-order valence-corrected chi connectivity index (χ3v) is 7.11. The Kier molecular flexibility index (Phi) is 5.90. The number of aromatic nitrogens is 3. The number of hydrogen-bond donors (Lipinski definition) is 1. The van der Waals surface area contributed by atoms with Crippen molar-refractivity contribution in [2.75, 3.05) is 19.4 Å². The lowest BCUT2D eigenvalue weighted by atomic mass is 9.86. The molecular formula is C21H28N4O2S. The van der Waals surface area contributed by atoms with Gasteiger partial charge in [-0.05, 0) is 74.6 Å². The van der Waals surface area contributed by atoms with E-state index in [1.54, 1.807) is 7.11 Å². The van der Waals surface area contributed by atoms with Crippen LogP contribution in [0.25, 0.3) is 5.69 Å². The third-order valence-electron chi connectivity index (χ3n) is 6.18. The van der Waals surface area contributed by atoms with Crippen molar-refractivity contribution < 1.29 is 9.53 Å². The number of amides is 1. The Balaban J connectivity index is 1.28. The highest BCUT2D eigenvalue weighted by Gasteiger charge is 2.38. The van der Waals surface area contributed by atoms with Gasteiger partial charge in [0.05, 0.1) is 12.9 Å². The van der Waals surface area contributed by atoms with Crippen molar-refractivity contribution in [3.63, 3.8) is 0 Å². The van der Waals surface area contributed by atoms with Gasteiger partial charge < -0.3 is 10.1 Å². The Bertz CT molecular complexity index is 820. The Hall–Kier alpha value is -2.02. The summed E-state index contributed by atoms with van der Waals surface area (Å²) in [6.45, 7) is 2.70. The monoisotopic (exact) mass is 400 g/mol. The minimum absolute atomic E-state index is 0.0649. The number of benzene rings is 1. The summed E-state index contributed by atoms with van der Waals surface area (Å²) < 4.78 is 7.18. The highest BCUT2D eigenvalue weighted by Crippen LogP contribution is 2.49. The fraction of sp³-hybridized carbons (Fsp3) is 0.571. The van der Waals surface area contributed by atoms with Gasteiger partial charge in [0.1, 0.15) is 11.6 Å². The van der Waals surface area contributed by atoms with E-state index in [1.165, 1.54) is 37.4 Å². The van der Waals surface area contributed by atoms with Gasteiger partial charge >= 0.3 is 0 Å². The van der Waals surface area contributed by atoms with E-state index in [0.29, 0.717) is 5.75 Å². The molecule has 2 fully saturated rings. The highest BCUT2D eigenvalue weighted by molar-refractivity contribution is 7.99. The number of nitrogens with zero attached hydrogens (tertiary/aromatic N) is 3. The van der Waals surface area contributed by atoms with Crippen LogP contribution in [0.5, 0.6) is 5.75 Å². The number of nitrogens with one attached hydrogen (secondary N) is 1. The summed E-state index contributed by atoms with van der Waals surface area (Å²) in [7, 11) is 1.65. The van der Waals surface area contributed by atoms with E-state index < -0.39 is 0 Å². The molecule has 1 amide bonds. The Morgan fingerprint density at radius 3 is 2.75 bits per heavy atom. The second kappa shape index (κ2) is 8.55. The normalized spacial score (nSPS) is 23.1. The molecule has 2 aliphatic rings. The van der Waals surface area contributed by atoms with Crippen molar-refractivity contribution in [1.82, 2.24) is 20.1 Å². The van der Waals surface area contributed by atoms with Crippen molar-refractivity contribution in [2.24, 2.45) is 17.8 Å². The van der Waals surface area contributed by atoms with Gasteiger partial charge in [-0.15, -0.1) is 10.2 Å². The maximum atomic E-state index is 12.3. The van der Waals surface area contributed by atoms with Crippen LogP contribution in [0.1, 0.15) is 37.9 Å². The molecule has 2 aliphatic carbocycles. The average molecular weight is 401 g/mol. The number of thioether (sulfide) groups is 1. The number of carbonyl (C=O) groups excluding carboxylic acids is 1. The van der Waals surface area contributed by atoms with E-state index in [9.17, 15) is 4.79 Å². The van der Waals surface area contributed by atoms with Crippen molar-refractivity contribution in [3.05, 3.63) is 30.1 Å². The molecule has 150 valence electrons. The maximum absolute atomic E-state index is 12.3. The fourth-order valence-electron chi connectivity index (χ4n) is 4.77. The third kappa shape index (κ3) is 4.19. The van der Waals surface area contributed by atoms with E-state index >= 15 is 0 Å². The van der Waals surface area contributed by atoms with Gasteiger partial charge in [-0.3, -0.25) is 9.36 Å². The van der Waals surface area contributed by atoms with Crippen LogP contribution in [0, 0.1) is 24.7 Å². The molecule has 2 aromatic rings. The minimum atomic E-state index is 0.0649. The average Bonchev–Trinajstić information content (AvgIpc) is 3.42. The predicted molar refractivity (Wildman–Crippen MR) is 110 cm³/mol. The maximum Gasteiger partial charge on any atom is 0.230 e. The molecule has 0 saturated heterocycles. The standard InChI is InChI=1S/C21H28N4O2S/c1-14-23-24-21(25(14)18-5-7-19(27-2)8-6-18)28-13-20(26)22-10-9-17-12-15-3-4-16(17)11-15/h5-8,15-17H,3-4,9-13H2,1-2H3,(H,22,26). The number of aryl methyl sites for hydroxylation is 1. The summed E-state index contributed by atoms with van der Waals surface area (Å²) >= 11 is 1.42. The Labute approximate surface area is 170 Å². The first-order valence-corrected chi connectivity index (χ1v) is 11.1. The zero-order chi connectivity index (χ0) is 19.5. The Morgan fingerprint density at radius 2 is 2.07 bits per heavy atom.